The van der Waals surface area contributed by atoms with Gasteiger partial charge in [0, 0.05) is 48.6 Å². The maximum atomic E-state index is 15.3. The van der Waals surface area contributed by atoms with Gasteiger partial charge < -0.3 is 15.0 Å². The second kappa shape index (κ2) is 10.8. The fraction of sp³-hybridized carbons (Fsp3) is 0.200. The minimum absolute atomic E-state index is 0.0183. The first-order valence-electron chi connectivity index (χ1n) is 13.2. The van der Waals surface area contributed by atoms with Crippen molar-refractivity contribution in [1.29, 1.82) is 0 Å². The molecular formula is C30H27FN8O2. The average molecular weight is 551 g/mol. The van der Waals surface area contributed by atoms with Crippen LogP contribution in [0, 0.1) is 12.7 Å². The predicted molar refractivity (Wildman–Crippen MR) is 152 cm³/mol. The van der Waals surface area contributed by atoms with Gasteiger partial charge in [0.2, 0.25) is 5.91 Å². The summed E-state index contributed by atoms with van der Waals surface area (Å²) in [5, 5.41) is 7.17. The summed E-state index contributed by atoms with van der Waals surface area (Å²) in [6.07, 6.45) is 9.62. The largest absolute Gasteiger partial charge is 0.457 e. The Morgan fingerprint density at radius 3 is 2.85 bits per heavy atom. The molecule has 0 aliphatic carbocycles. The summed E-state index contributed by atoms with van der Waals surface area (Å²) in [5.41, 5.74) is 4.51. The molecule has 1 amide bonds. The third kappa shape index (κ3) is 5.09. The smallest absolute Gasteiger partial charge is 0.250 e. The Kier molecular flexibility index (Phi) is 6.84. The minimum atomic E-state index is -0.509. The topological polar surface area (TPSA) is 110 Å². The number of hydrogen-bond donors (Lipinski definition) is 1. The molecule has 0 radical (unpaired) electrons. The van der Waals surface area contributed by atoms with Crippen molar-refractivity contribution < 1.29 is 13.9 Å². The Morgan fingerprint density at radius 2 is 2.07 bits per heavy atom. The van der Waals surface area contributed by atoms with Crippen LogP contribution in [0.5, 0.6) is 11.5 Å². The number of aryl methyl sites for hydroxylation is 1. The number of amides is 1. The number of nitrogens with one attached hydrogen (secondary N) is 1. The Balaban J connectivity index is 1.28. The molecule has 0 bridgehead atoms. The molecule has 1 aliphatic heterocycles. The number of ether oxygens (including phenoxy) is 1. The molecule has 0 spiro atoms. The van der Waals surface area contributed by atoms with Gasteiger partial charge in [-0.25, -0.2) is 28.8 Å². The highest BCUT2D eigenvalue weighted by molar-refractivity contribution is 5.89. The van der Waals surface area contributed by atoms with E-state index in [9.17, 15) is 4.79 Å². The number of rotatable bonds is 8. The maximum absolute atomic E-state index is 15.3. The van der Waals surface area contributed by atoms with Gasteiger partial charge in [0.25, 0.3) is 0 Å². The number of likely N-dealkylation sites (tertiary alicyclic amines) is 1. The Morgan fingerprint density at radius 1 is 1.20 bits per heavy atom. The molecule has 1 aromatic carbocycles. The summed E-state index contributed by atoms with van der Waals surface area (Å²) < 4.78 is 22.9. The molecule has 1 atom stereocenters. The van der Waals surface area contributed by atoms with Crippen LogP contribution >= 0.6 is 0 Å². The molecular weight excluding hydrogens is 523 g/mol. The van der Waals surface area contributed by atoms with E-state index in [-0.39, 0.29) is 17.5 Å². The number of carbonyl (C=O) groups is 1. The number of fused-ring (bicyclic) bond motifs is 2. The number of benzene rings is 1. The van der Waals surface area contributed by atoms with Crippen LogP contribution in [0.4, 0.5) is 15.9 Å². The summed E-state index contributed by atoms with van der Waals surface area (Å²) in [7, 11) is 0. The molecule has 41 heavy (non-hydrogen) atoms. The number of hydrogen-bond acceptors (Lipinski definition) is 8. The normalized spacial score (nSPS) is 14.7. The SMILES string of the molecule is C=CC(=O)N1CC/C1=C\[C@H](CC)c1ccc2ncnc(Nc3cc(C)c(Oc4ccn5ncnc5c4)cc3F)c2n1. The van der Waals surface area contributed by atoms with Crippen molar-refractivity contribution in [2.24, 2.45) is 0 Å². The monoisotopic (exact) mass is 550 g/mol. The van der Waals surface area contributed by atoms with Crippen molar-refractivity contribution in [3.63, 3.8) is 0 Å². The number of allylic oxidation sites excluding steroid dienone is 1. The molecule has 5 aromatic rings. The van der Waals surface area contributed by atoms with Gasteiger partial charge >= 0.3 is 0 Å². The zero-order valence-electron chi connectivity index (χ0n) is 22.6. The summed E-state index contributed by atoms with van der Waals surface area (Å²) in [5.74, 6) is 0.653. The highest BCUT2D eigenvalue weighted by atomic mass is 19.1. The van der Waals surface area contributed by atoms with E-state index in [1.807, 2.05) is 19.1 Å². The fourth-order valence-electron chi connectivity index (χ4n) is 4.77. The van der Waals surface area contributed by atoms with E-state index in [0.717, 1.165) is 29.8 Å². The van der Waals surface area contributed by atoms with E-state index in [1.54, 1.807) is 33.8 Å². The minimum Gasteiger partial charge on any atom is -0.457 e. The van der Waals surface area contributed by atoms with Crippen molar-refractivity contribution in [2.75, 3.05) is 11.9 Å². The van der Waals surface area contributed by atoms with Crippen molar-refractivity contribution in [1.82, 2.24) is 34.4 Å². The zero-order valence-corrected chi connectivity index (χ0v) is 22.6. The van der Waals surface area contributed by atoms with Crippen molar-refractivity contribution in [2.45, 2.75) is 32.6 Å². The molecule has 0 unspecified atom stereocenters. The van der Waals surface area contributed by atoms with E-state index in [2.05, 4.69) is 44.9 Å². The molecule has 5 heterocycles. The lowest BCUT2D eigenvalue weighted by molar-refractivity contribution is -0.126. The first kappa shape index (κ1) is 26.1. The second-order valence-corrected chi connectivity index (χ2v) is 9.69. The third-order valence-corrected chi connectivity index (χ3v) is 7.09. The molecule has 1 fully saturated rings. The number of halogens is 1. The summed E-state index contributed by atoms with van der Waals surface area (Å²) in [4.78, 5) is 31.5. The van der Waals surface area contributed by atoms with Gasteiger partial charge in [-0.3, -0.25) is 4.79 Å². The highest BCUT2D eigenvalue weighted by Gasteiger charge is 2.26. The molecule has 1 aliphatic rings. The van der Waals surface area contributed by atoms with Gasteiger partial charge in [-0.1, -0.05) is 19.6 Å². The van der Waals surface area contributed by atoms with Crippen LogP contribution in [0.15, 0.2) is 79.7 Å². The van der Waals surface area contributed by atoms with Gasteiger partial charge in [-0.2, -0.15) is 5.10 Å². The van der Waals surface area contributed by atoms with Crippen LogP contribution in [0.1, 0.15) is 36.9 Å². The van der Waals surface area contributed by atoms with Gasteiger partial charge in [0.05, 0.1) is 11.2 Å². The lowest BCUT2D eigenvalue weighted by Crippen LogP contribution is -2.39. The van der Waals surface area contributed by atoms with E-state index >= 15 is 4.39 Å². The van der Waals surface area contributed by atoms with Gasteiger partial charge in [-0.05, 0) is 49.2 Å². The van der Waals surface area contributed by atoms with Crippen LogP contribution in [-0.2, 0) is 4.79 Å². The molecule has 0 saturated carbocycles. The lowest BCUT2D eigenvalue weighted by Gasteiger charge is -2.34. The summed E-state index contributed by atoms with van der Waals surface area (Å²) in [6, 6.07) is 10.3. The van der Waals surface area contributed by atoms with Crippen molar-refractivity contribution in [3.8, 4) is 11.5 Å². The first-order valence-corrected chi connectivity index (χ1v) is 13.2. The fourth-order valence-corrected chi connectivity index (χ4v) is 4.77. The third-order valence-electron chi connectivity index (χ3n) is 7.09. The lowest BCUT2D eigenvalue weighted by atomic mass is 9.96. The van der Waals surface area contributed by atoms with Crippen LogP contribution in [-0.4, -0.2) is 46.9 Å². The van der Waals surface area contributed by atoms with Gasteiger partial charge in [-0.15, -0.1) is 0 Å². The zero-order chi connectivity index (χ0) is 28.5. The van der Waals surface area contributed by atoms with Gasteiger partial charge in [0.15, 0.2) is 11.5 Å². The number of pyridine rings is 2. The van der Waals surface area contributed by atoms with Gasteiger partial charge in [0.1, 0.15) is 35.5 Å². The molecule has 1 N–H and O–H groups in total. The van der Waals surface area contributed by atoms with E-state index < -0.39 is 5.82 Å². The highest BCUT2D eigenvalue weighted by Crippen LogP contribution is 2.33. The predicted octanol–water partition coefficient (Wildman–Crippen LogP) is 5.85. The molecule has 6 rings (SSSR count). The Bertz CT molecular complexity index is 1830. The first-order chi connectivity index (χ1) is 19.9. The van der Waals surface area contributed by atoms with E-state index in [1.165, 1.54) is 24.8 Å². The summed E-state index contributed by atoms with van der Waals surface area (Å²) in [6.45, 7) is 8.18. The molecule has 206 valence electrons. The van der Waals surface area contributed by atoms with Crippen molar-refractivity contribution in [3.05, 3.63) is 96.8 Å². The molecule has 11 heteroatoms. The number of anilines is 2. The quantitative estimate of drug-likeness (QED) is 0.240. The van der Waals surface area contributed by atoms with E-state index in [0.29, 0.717) is 40.5 Å². The Labute approximate surface area is 235 Å². The van der Waals surface area contributed by atoms with Crippen LogP contribution in [0.25, 0.3) is 16.7 Å². The van der Waals surface area contributed by atoms with Crippen molar-refractivity contribution >= 4 is 34.1 Å². The molecule has 10 nitrogen and oxygen atoms in total. The van der Waals surface area contributed by atoms with Crippen LogP contribution < -0.4 is 10.1 Å². The molecule has 4 aromatic heterocycles. The molecule has 1 saturated heterocycles. The Hall–Kier alpha value is -5.19. The van der Waals surface area contributed by atoms with Crippen LogP contribution in [0.3, 0.4) is 0 Å². The second-order valence-electron chi connectivity index (χ2n) is 9.69. The maximum Gasteiger partial charge on any atom is 0.250 e. The number of aromatic nitrogens is 6. The average Bonchev–Trinajstić information content (AvgIpc) is 3.43. The van der Waals surface area contributed by atoms with E-state index in [4.69, 9.17) is 9.72 Å². The summed E-state index contributed by atoms with van der Waals surface area (Å²) >= 11 is 0. The standard InChI is InChI=1S/C30H27FN8O2/c1-4-19(13-20-8-10-38(20)28(40)5-2)23-6-7-24-29(36-23)30(34-16-32-24)37-25-12-18(3)26(15-22(25)31)41-21-9-11-39-27(14-21)33-17-35-39/h5-7,9,11-17,19H,2,4,8,10H2,1,3H3,(H,32,34,37)/b20-13+/t19-/m0/s1. The van der Waals surface area contributed by atoms with Crippen LogP contribution in [0.2, 0.25) is 0 Å². The number of nitrogens with zero attached hydrogens (tertiary/aromatic N) is 7. The number of carbonyl (C=O) groups excluding carboxylic acids is 1.